The van der Waals surface area contributed by atoms with Gasteiger partial charge in [0.15, 0.2) is 5.82 Å². The van der Waals surface area contributed by atoms with Gasteiger partial charge in [0.1, 0.15) is 11.6 Å². The van der Waals surface area contributed by atoms with Crippen LogP contribution in [0.15, 0.2) is 73.1 Å². The Kier molecular flexibility index (Phi) is 6.29. The van der Waals surface area contributed by atoms with Crippen molar-refractivity contribution >= 4 is 11.6 Å². The third-order valence-corrected chi connectivity index (χ3v) is 5.97. The Morgan fingerprint density at radius 2 is 2.00 bits per heavy atom. The predicted octanol–water partition coefficient (Wildman–Crippen LogP) is 4.52. The second-order valence-corrected chi connectivity index (χ2v) is 8.40. The number of anilines is 1. The molecule has 5 rings (SSSR count). The zero-order valence-corrected chi connectivity index (χ0v) is 18.6. The zero-order valence-electron chi connectivity index (χ0n) is 18.6. The quantitative estimate of drug-likeness (QED) is 0.427. The van der Waals surface area contributed by atoms with Gasteiger partial charge in [-0.1, -0.05) is 24.3 Å². The van der Waals surface area contributed by atoms with E-state index in [1.54, 1.807) is 18.3 Å². The summed E-state index contributed by atoms with van der Waals surface area (Å²) in [5, 5.41) is 10.7. The first-order valence-corrected chi connectivity index (χ1v) is 11.3. The molecule has 1 atom stereocenters. The van der Waals surface area contributed by atoms with Gasteiger partial charge in [0.2, 0.25) is 0 Å². The third-order valence-electron chi connectivity index (χ3n) is 5.97. The molecule has 3 heterocycles. The molecule has 2 aromatic heterocycles. The van der Waals surface area contributed by atoms with E-state index in [4.69, 9.17) is 0 Å². The Hall–Kier alpha value is -4.07. The molecule has 1 saturated heterocycles. The summed E-state index contributed by atoms with van der Waals surface area (Å²) >= 11 is 0. The minimum Gasteiger partial charge on any atom is -0.381 e. The van der Waals surface area contributed by atoms with Crippen molar-refractivity contribution in [2.24, 2.45) is 0 Å². The number of aromatic nitrogens is 4. The highest BCUT2D eigenvalue weighted by molar-refractivity contribution is 5.95. The van der Waals surface area contributed by atoms with Crippen molar-refractivity contribution in [2.75, 3.05) is 11.9 Å². The summed E-state index contributed by atoms with van der Waals surface area (Å²) in [6.45, 7) is 1.30. The highest BCUT2D eigenvalue weighted by atomic mass is 19.1. The van der Waals surface area contributed by atoms with Crippen LogP contribution in [-0.2, 0) is 13.0 Å². The average Bonchev–Trinajstić information content (AvgIpc) is 3.54. The topological polar surface area (TPSA) is 86.8 Å². The van der Waals surface area contributed by atoms with Gasteiger partial charge >= 0.3 is 0 Å². The number of nitrogens with zero attached hydrogens (tertiary/aromatic N) is 4. The summed E-state index contributed by atoms with van der Waals surface area (Å²) in [5.74, 6) is 1.02. The first-order valence-electron chi connectivity index (χ1n) is 11.3. The summed E-state index contributed by atoms with van der Waals surface area (Å²) in [7, 11) is 0. The highest BCUT2D eigenvalue weighted by Gasteiger charge is 2.33. The maximum atomic E-state index is 13.4. The number of carbonyl (C=O) groups is 1. The SMILES string of the molecule is O=C(c1cccc(NCc2cccnc2)c1)N1CCC[C@H]1c1n[nH]c(Cc2ccc(F)cc2)n1. The largest absolute Gasteiger partial charge is 0.381 e. The van der Waals surface area contributed by atoms with Crippen molar-refractivity contribution in [1.82, 2.24) is 25.1 Å². The number of rotatable bonds is 7. The van der Waals surface area contributed by atoms with Crippen molar-refractivity contribution < 1.29 is 9.18 Å². The summed E-state index contributed by atoms with van der Waals surface area (Å²) < 4.78 is 13.2. The van der Waals surface area contributed by atoms with Crippen LogP contribution in [0.4, 0.5) is 10.1 Å². The Balaban J connectivity index is 1.27. The number of aromatic amines is 1. The molecule has 1 amide bonds. The number of H-pyrrole nitrogens is 1. The molecule has 1 fully saturated rings. The molecule has 34 heavy (non-hydrogen) atoms. The molecule has 0 aliphatic carbocycles. The van der Waals surface area contributed by atoms with Gasteiger partial charge in [-0.2, -0.15) is 5.10 Å². The number of carbonyl (C=O) groups excluding carboxylic acids is 1. The number of amides is 1. The number of hydrogen-bond acceptors (Lipinski definition) is 5. The number of likely N-dealkylation sites (tertiary alicyclic amines) is 1. The van der Waals surface area contributed by atoms with Gasteiger partial charge in [-0.25, -0.2) is 9.37 Å². The van der Waals surface area contributed by atoms with E-state index in [0.717, 1.165) is 29.7 Å². The molecule has 0 radical (unpaired) electrons. The van der Waals surface area contributed by atoms with Gasteiger partial charge in [-0.15, -0.1) is 0 Å². The molecule has 172 valence electrons. The van der Waals surface area contributed by atoms with E-state index in [9.17, 15) is 9.18 Å². The Labute approximate surface area is 197 Å². The van der Waals surface area contributed by atoms with Crippen LogP contribution in [0, 0.1) is 5.82 Å². The molecular formula is C26H25FN6O. The molecular weight excluding hydrogens is 431 g/mol. The lowest BCUT2D eigenvalue weighted by Gasteiger charge is -2.23. The predicted molar refractivity (Wildman–Crippen MR) is 127 cm³/mol. The normalized spacial score (nSPS) is 15.4. The number of nitrogens with one attached hydrogen (secondary N) is 2. The van der Waals surface area contributed by atoms with Gasteiger partial charge in [0, 0.05) is 43.2 Å². The Bertz CT molecular complexity index is 1260. The van der Waals surface area contributed by atoms with Crippen LogP contribution in [0.1, 0.15) is 52.0 Å². The molecule has 1 aliphatic heterocycles. The first kappa shape index (κ1) is 21.8. The molecule has 0 saturated carbocycles. The number of pyridine rings is 1. The average molecular weight is 457 g/mol. The Morgan fingerprint density at radius 3 is 2.82 bits per heavy atom. The van der Waals surface area contributed by atoms with E-state index >= 15 is 0 Å². The fraction of sp³-hybridized carbons (Fsp3) is 0.231. The van der Waals surface area contributed by atoms with E-state index in [2.05, 4.69) is 25.5 Å². The van der Waals surface area contributed by atoms with Crippen LogP contribution >= 0.6 is 0 Å². The van der Waals surface area contributed by atoms with Gasteiger partial charge in [0.05, 0.1) is 6.04 Å². The van der Waals surface area contributed by atoms with Gasteiger partial charge in [-0.05, 0) is 60.4 Å². The van der Waals surface area contributed by atoms with E-state index in [1.807, 2.05) is 47.5 Å². The Morgan fingerprint density at radius 1 is 1.12 bits per heavy atom. The van der Waals surface area contributed by atoms with E-state index in [1.165, 1.54) is 12.1 Å². The standard InChI is InChI=1S/C26H25FN6O/c27-21-10-8-18(9-11-21)14-24-30-25(32-31-24)23-7-3-13-33(23)26(34)20-5-1-6-22(15-20)29-17-19-4-2-12-28-16-19/h1-2,4-6,8-12,15-16,23,29H,3,7,13-14,17H2,(H,30,31,32)/t23-/m0/s1. The fourth-order valence-corrected chi connectivity index (χ4v) is 4.25. The maximum Gasteiger partial charge on any atom is 0.254 e. The molecule has 1 aliphatic rings. The number of benzene rings is 2. The van der Waals surface area contributed by atoms with Crippen molar-refractivity contribution in [3.63, 3.8) is 0 Å². The van der Waals surface area contributed by atoms with Crippen LogP contribution < -0.4 is 5.32 Å². The molecule has 7 nitrogen and oxygen atoms in total. The third kappa shape index (κ3) is 4.96. The smallest absolute Gasteiger partial charge is 0.254 e. The molecule has 0 unspecified atom stereocenters. The molecule has 0 spiro atoms. The van der Waals surface area contributed by atoms with Crippen molar-refractivity contribution in [1.29, 1.82) is 0 Å². The lowest BCUT2D eigenvalue weighted by Crippen LogP contribution is -2.31. The maximum absolute atomic E-state index is 13.4. The van der Waals surface area contributed by atoms with Gasteiger partial charge in [-0.3, -0.25) is 14.9 Å². The van der Waals surface area contributed by atoms with E-state index < -0.39 is 0 Å². The second-order valence-electron chi connectivity index (χ2n) is 8.40. The van der Waals surface area contributed by atoms with E-state index in [0.29, 0.717) is 36.7 Å². The molecule has 2 N–H and O–H groups in total. The molecule has 8 heteroatoms. The minimum atomic E-state index is -0.265. The van der Waals surface area contributed by atoms with Crippen LogP contribution in [0.2, 0.25) is 0 Å². The van der Waals surface area contributed by atoms with Crippen LogP contribution in [0.3, 0.4) is 0 Å². The zero-order chi connectivity index (χ0) is 23.3. The summed E-state index contributed by atoms with van der Waals surface area (Å²) in [6.07, 6.45) is 5.81. The lowest BCUT2D eigenvalue weighted by atomic mass is 10.1. The van der Waals surface area contributed by atoms with Crippen LogP contribution in [0.25, 0.3) is 0 Å². The first-order chi connectivity index (χ1) is 16.7. The van der Waals surface area contributed by atoms with Gasteiger partial charge in [0.25, 0.3) is 5.91 Å². The highest BCUT2D eigenvalue weighted by Crippen LogP contribution is 2.31. The van der Waals surface area contributed by atoms with E-state index in [-0.39, 0.29) is 17.8 Å². The van der Waals surface area contributed by atoms with Crippen molar-refractivity contribution in [2.45, 2.75) is 31.8 Å². The number of hydrogen-bond donors (Lipinski definition) is 2. The number of halogens is 1. The molecule has 2 aromatic carbocycles. The fourth-order valence-electron chi connectivity index (χ4n) is 4.25. The summed E-state index contributed by atoms with van der Waals surface area (Å²) in [6, 6.07) is 17.6. The van der Waals surface area contributed by atoms with Crippen LogP contribution in [0.5, 0.6) is 0 Å². The monoisotopic (exact) mass is 456 g/mol. The lowest BCUT2D eigenvalue weighted by molar-refractivity contribution is 0.0730. The van der Waals surface area contributed by atoms with Crippen molar-refractivity contribution in [3.8, 4) is 0 Å². The van der Waals surface area contributed by atoms with Crippen LogP contribution in [-0.4, -0.2) is 37.5 Å². The summed E-state index contributed by atoms with van der Waals surface area (Å²) in [5.41, 5.74) is 3.52. The summed E-state index contributed by atoms with van der Waals surface area (Å²) in [4.78, 5) is 24.0. The molecule has 0 bridgehead atoms. The second kappa shape index (κ2) is 9.82. The van der Waals surface area contributed by atoms with Gasteiger partial charge < -0.3 is 10.2 Å². The molecule has 4 aromatic rings. The van der Waals surface area contributed by atoms with Crippen molar-refractivity contribution in [3.05, 3.63) is 107 Å². The minimum absolute atomic E-state index is 0.0302.